The third-order valence-corrected chi connectivity index (χ3v) is 2.89. The summed E-state index contributed by atoms with van der Waals surface area (Å²) in [5.41, 5.74) is 0.566. The standard InChI is InChI=1S/C14H18N4O3/c1-10(2)15-8-4-7-13-16-17-14(21-13)11-5-3-6-12(9-11)18(19)20/h3,5-6,9-10,15H,4,7-8H2,1-2H3. The van der Waals surface area contributed by atoms with Gasteiger partial charge in [0.25, 0.3) is 5.69 Å². The number of aryl methyl sites for hydroxylation is 1. The van der Waals surface area contributed by atoms with E-state index in [0.29, 0.717) is 29.8 Å². The average molecular weight is 290 g/mol. The van der Waals surface area contributed by atoms with Gasteiger partial charge in [0.15, 0.2) is 0 Å². The second-order valence-electron chi connectivity index (χ2n) is 5.02. The number of benzene rings is 1. The zero-order valence-corrected chi connectivity index (χ0v) is 12.1. The minimum Gasteiger partial charge on any atom is -0.421 e. The summed E-state index contributed by atoms with van der Waals surface area (Å²) in [6, 6.07) is 6.62. The Morgan fingerprint density at radius 1 is 1.38 bits per heavy atom. The van der Waals surface area contributed by atoms with Crippen LogP contribution >= 0.6 is 0 Å². The SMILES string of the molecule is CC(C)NCCCc1nnc(-c2cccc([N+](=O)[O-])c2)o1. The van der Waals surface area contributed by atoms with Gasteiger partial charge in [0, 0.05) is 30.2 Å². The highest BCUT2D eigenvalue weighted by atomic mass is 16.6. The van der Waals surface area contributed by atoms with Crippen LogP contribution in [-0.2, 0) is 6.42 Å². The summed E-state index contributed by atoms with van der Waals surface area (Å²) in [7, 11) is 0. The fraction of sp³-hybridized carbons (Fsp3) is 0.429. The van der Waals surface area contributed by atoms with Crippen LogP contribution in [0.15, 0.2) is 28.7 Å². The molecule has 0 aliphatic rings. The summed E-state index contributed by atoms with van der Waals surface area (Å²) in [6.07, 6.45) is 1.58. The van der Waals surface area contributed by atoms with E-state index in [0.717, 1.165) is 13.0 Å². The Kier molecular flexibility index (Phi) is 4.99. The zero-order valence-electron chi connectivity index (χ0n) is 12.1. The third kappa shape index (κ3) is 4.35. The van der Waals surface area contributed by atoms with Crippen molar-refractivity contribution in [2.75, 3.05) is 6.54 Å². The van der Waals surface area contributed by atoms with Crippen LogP contribution in [0.3, 0.4) is 0 Å². The molecule has 0 fully saturated rings. The molecule has 0 saturated heterocycles. The lowest BCUT2D eigenvalue weighted by Gasteiger charge is -2.05. The second kappa shape index (κ2) is 6.94. The van der Waals surface area contributed by atoms with Crippen molar-refractivity contribution in [3.63, 3.8) is 0 Å². The molecule has 0 saturated carbocycles. The molecule has 21 heavy (non-hydrogen) atoms. The molecule has 1 aromatic carbocycles. The molecule has 1 aromatic heterocycles. The summed E-state index contributed by atoms with van der Waals surface area (Å²) in [4.78, 5) is 10.3. The van der Waals surface area contributed by atoms with Crippen molar-refractivity contribution in [1.29, 1.82) is 0 Å². The average Bonchev–Trinajstić information content (AvgIpc) is 2.92. The van der Waals surface area contributed by atoms with Crippen LogP contribution in [0.25, 0.3) is 11.5 Å². The number of non-ortho nitro benzene ring substituents is 1. The first-order valence-corrected chi connectivity index (χ1v) is 6.87. The maximum atomic E-state index is 10.8. The van der Waals surface area contributed by atoms with E-state index >= 15 is 0 Å². The minimum absolute atomic E-state index is 0.00776. The maximum absolute atomic E-state index is 10.8. The number of nitrogens with one attached hydrogen (secondary N) is 1. The van der Waals surface area contributed by atoms with E-state index in [2.05, 4.69) is 29.4 Å². The highest BCUT2D eigenvalue weighted by molar-refractivity contribution is 5.57. The van der Waals surface area contributed by atoms with Gasteiger partial charge in [-0.25, -0.2) is 0 Å². The van der Waals surface area contributed by atoms with Gasteiger partial charge in [0.1, 0.15) is 0 Å². The number of nitro benzene ring substituents is 1. The summed E-state index contributed by atoms with van der Waals surface area (Å²) >= 11 is 0. The highest BCUT2D eigenvalue weighted by Crippen LogP contribution is 2.22. The fourth-order valence-electron chi connectivity index (χ4n) is 1.85. The molecule has 1 heterocycles. The van der Waals surface area contributed by atoms with Crippen molar-refractivity contribution in [2.24, 2.45) is 0 Å². The molecule has 0 unspecified atom stereocenters. The second-order valence-corrected chi connectivity index (χ2v) is 5.02. The molecular weight excluding hydrogens is 272 g/mol. The van der Waals surface area contributed by atoms with Crippen molar-refractivity contribution in [1.82, 2.24) is 15.5 Å². The summed E-state index contributed by atoms with van der Waals surface area (Å²) in [5, 5.41) is 22.0. The lowest BCUT2D eigenvalue weighted by molar-refractivity contribution is -0.384. The Bertz CT molecular complexity index is 610. The molecule has 7 heteroatoms. The largest absolute Gasteiger partial charge is 0.421 e. The first kappa shape index (κ1) is 15.1. The van der Waals surface area contributed by atoms with Gasteiger partial charge in [-0.2, -0.15) is 0 Å². The monoisotopic (exact) mass is 290 g/mol. The van der Waals surface area contributed by atoms with Crippen LogP contribution in [0.1, 0.15) is 26.2 Å². The first-order valence-electron chi connectivity index (χ1n) is 6.87. The van der Waals surface area contributed by atoms with Gasteiger partial charge in [0.2, 0.25) is 11.8 Å². The summed E-state index contributed by atoms with van der Waals surface area (Å²) in [6.45, 7) is 5.06. The Labute approximate surface area is 122 Å². The van der Waals surface area contributed by atoms with Crippen LogP contribution in [-0.4, -0.2) is 27.7 Å². The van der Waals surface area contributed by atoms with Crippen LogP contribution in [0.4, 0.5) is 5.69 Å². The Morgan fingerprint density at radius 2 is 2.19 bits per heavy atom. The molecule has 0 radical (unpaired) electrons. The molecule has 0 aliphatic carbocycles. The van der Waals surface area contributed by atoms with Crippen LogP contribution in [0, 0.1) is 10.1 Å². The molecule has 7 nitrogen and oxygen atoms in total. The van der Waals surface area contributed by atoms with Crippen molar-refractivity contribution < 1.29 is 9.34 Å². The summed E-state index contributed by atoms with van der Waals surface area (Å²) in [5.74, 6) is 0.854. The third-order valence-electron chi connectivity index (χ3n) is 2.89. The smallest absolute Gasteiger partial charge is 0.270 e. The number of aromatic nitrogens is 2. The van der Waals surface area contributed by atoms with Gasteiger partial charge in [-0.05, 0) is 19.0 Å². The zero-order chi connectivity index (χ0) is 15.2. The number of nitro groups is 1. The Balaban J connectivity index is 1.99. The van der Waals surface area contributed by atoms with E-state index in [-0.39, 0.29) is 5.69 Å². The van der Waals surface area contributed by atoms with Crippen molar-refractivity contribution in [3.05, 3.63) is 40.3 Å². The number of nitrogens with zero attached hydrogens (tertiary/aromatic N) is 3. The molecule has 0 atom stereocenters. The maximum Gasteiger partial charge on any atom is 0.270 e. The molecular formula is C14H18N4O3. The summed E-state index contributed by atoms with van der Waals surface area (Å²) < 4.78 is 5.54. The lowest BCUT2D eigenvalue weighted by Crippen LogP contribution is -2.23. The first-order chi connectivity index (χ1) is 10.1. The number of rotatable bonds is 7. The normalized spacial score (nSPS) is 11.0. The van der Waals surface area contributed by atoms with Gasteiger partial charge in [-0.3, -0.25) is 10.1 Å². The van der Waals surface area contributed by atoms with E-state index < -0.39 is 4.92 Å². The van der Waals surface area contributed by atoms with Gasteiger partial charge in [-0.1, -0.05) is 19.9 Å². The van der Waals surface area contributed by atoms with Crippen LogP contribution in [0.2, 0.25) is 0 Å². The molecule has 112 valence electrons. The molecule has 0 aliphatic heterocycles. The lowest BCUT2D eigenvalue weighted by atomic mass is 10.2. The quantitative estimate of drug-likeness (QED) is 0.478. The molecule has 1 N–H and O–H groups in total. The molecule has 2 rings (SSSR count). The fourth-order valence-corrected chi connectivity index (χ4v) is 1.85. The van der Waals surface area contributed by atoms with E-state index in [1.165, 1.54) is 12.1 Å². The van der Waals surface area contributed by atoms with Gasteiger partial charge >= 0.3 is 0 Å². The molecule has 0 spiro atoms. The van der Waals surface area contributed by atoms with Crippen LogP contribution < -0.4 is 5.32 Å². The van der Waals surface area contributed by atoms with E-state index in [1.807, 2.05) is 0 Å². The molecule has 2 aromatic rings. The van der Waals surface area contributed by atoms with Crippen molar-refractivity contribution in [3.8, 4) is 11.5 Å². The molecule has 0 bridgehead atoms. The van der Waals surface area contributed by atoms with E-state index in [4.69, 9.17) is 4.42 Å². The van der Waals surface area contributed by atoms with Gasteiger partial charge in [0.05, 0.1) is 4.92 Å². The number of hydrogen-bond acceptors (Lipinski definition) is 6. The Hall–Kier alpha value is -2.28. The number of hydrogen-bond donors (Lipinski definition) is 1. The van der Waals surface area contributed by atoms with Crippen molar-refractivity contribution >= 4 is 5.69 Å². The van der Waals surface area contributed by atoms with Crippen LogP contribution in [0.5, 0.6) is 0 Å². The van der Waals surface area contributed by atoms with Gasteiger partial charge in [-0.15, -0.1) is 10.2 Å². The van der Waals surface area contributed by atoms with E-state index in [1.54, 1.807) is 12.1 Å². The van der Waals surface area contributed by atoms with E-state index in [9.17, 15) is 10.1 Å². The predicted octanol–water partition coefficient (Wildman–Crippen LogP) is 2.58. The Morgan fingerprint density at radius 3 is 2.90 bits per heavy atom. The predicted molar refractivity (Wildman–Crippen MR) is 77.8 cm³/mol. The topological polar surface area (TPSA) is 94.1 Å². The highest BCUT2D eigenvalue weighted by Gasteiger charge is 2.12. The van der Waals surface area contributed by atoms with Crippen molar-refractivity contribution in [2.45, 2.75) is 32.7 Å². The minimum atomic E-state index is -0.446. The molecule has 0 amide bonds. The van der Waals surface area contributed by atoms with Gasteiger partial charge < -0.3 is 9.73 Å².